The number of aromatic nitrogens is 5. The molecule has 0 aliphatic carbocycles. The van der Waals surface area contributed by atoms with Crippen LogP contribution in [-0.4, -0.2) is 34.6 Å². The summed E-state index contributed by atoms with van der Waals surface area (Å²) in [6.07, 6.45) is -1.81. The van der Waals surface area contributed by atoms with Crippen molar-refractivity contribution in [2.45, 2.75) is 18.7 Å². The van der Waals surface area contributed by atoms with Gasteiger partial charge in [-0.15, -0.1) is 0 Å². The van der Waals surface area contributed by atoms with E-state index in [1.54, 1.807) is 24.3 Å². The topological polar surface area (TPSA) is 112 Å². The highest BCUT2D eigenvalue weighted by Crippen LogP contribution is 2.38. The molecule has 33 heavy (non-hydrogen) atoms. The molecule has 0 saturated carbocycles. The summed E-state index contributed by atoms with van der Waals surface area (Å²) in [5, 5.41) is 29.7. The fourth-order valence-corrected chi connectivity index (χ4v) is 3.50. The number of halogens is 3. The molecule has 12 heteroatoms. The fourth-order valence-electron chi connectivity index (χ4n) is 3.50. The number of nitro groups is 1. The lowest BCUT2D eigenvalue weighted by Gasteiger charge is -2.13. The number of nitro benzene ring substituents is 1. The first-order valence-electron chi connectivity index (χ1n) is 9.65. The molecular weight excluding hydrogens is 441 g/mol. The Hall–Kier alpha value is -4.06. The van der Waals surface area contributed by atoms with Crippen molar-refractivity contribution in [3.05, 3.63) is 88.3 Å². The molecule has 2 aromatic heterocycles. The van der Waals surface area contributed by atoms with Gasteiger partial charge in [0.15, 0.2) is 5.69 Å². The summed E-state index contributed by atoms with van der Waals surface area (Å²) >= 11 is 0. The van der Waals surface area contributed by atoms with Crippen molar-refractivity contribution in [2.75, 3.05) is 0 Å². The maximum absolute atomic E-state index is 13.3. The lowest BCUT2D eigenvalue weighted by atomic mass is 9.97. The van der Waals surface area contributed by atoms with E-state index in [1.165, 1.54) is 36.5 Å². The number of aliphatic hydroxyl groups excluding tert-OH is 1. The average Bonchev–Trinajstić information content (AvgIpc) is 3.44. The molecule has 0 aliphatic rings. The third-order valence-electron chi connectivity index (χ3n) is 5.06. The number of hydrogen-bond donors (Lipinski definition) is 1. The molecule has 1 atom stereocenters. The van der Waals surface area contributed by atoms with E-state index >= 15 is 0 Å². The van der Waals surface area contributed by atoms with Gasteiger partial charge in [0.2, 0.25) is 0 Å². The van der Waals surface area contributed by atoms with Crippen LogP contribution in [0.25, 0.3) is 16.8 Å². The zero-order valence-electron chi connectivity index (χ0n) is 17.1. The van der Waals surface area contributed by atoms with Crippen LogP contribution in [0.4, 0.5) is 18.9 Å². The molecule has 0 amide bonds. The van der Waals surface area contributed by atoms with Crippen LogP contribution in [-0.2, 0) is 19.6 Å². The van der Waals surface area contributed by atoms with Crippen LogP contribution >= 0.6 is 0 Å². The lowest BCUT2D eigenvalue weighted by Crippen LogP contribution is -2.08. The highest BCUT2D eigenvalue weighted by atomic mass is 19.4. The largest absolute Gasteiger partial charge is 0.435 e. The molecule has 1 unspecified atom stereocenters. The van der Waals surface area contributed by atoms with Gasteiger partial charge < -0.3 is 5.11 Å². The second-order valence-electron chi connectivity index (χ2n) is 7.31. The zero-order chi connectivity index (χ0) is 23.8. The molecule has 2 heterocycles. The quantitative estimate of drug-likeness (QED) is 0.347. The Morgan fingerprint density at radius 3 is 2.52 bits per heavy atom. The van der Waals surface area contributed by atoms with E-state index in [-0.39, 0.29) is 28.8 Å². The molecule has 0 radical (unpaired) electrons. The molecule has 2 aromatic carbocycles. The van der Waals surface area contributed by atoms with Gasteiger partial charge in [-0.3, -0.25) is 14.8 Å². The standard InChI is InChI=1S/C21H17F3N6O3/c1-28-10-17(20(27-28)21(22,23)24)14-2-3-15(18(8-14)30(32)33)9-19(31)13-4-6-16(7-5-13)29-12-25-11-26-29/h2-8,10-12,19,31H,9H2,1H3. The van der Waals surface area contributed by atoms with E-state index < -0.39 is 22.9 Å². The minimum absolute atomic E-state index is 0.0116. The van der Waals surface area contributed by atoms with Crippen LogP contribution in [0.1, 0.15) is 22.9 Å². The Balaban J connectivity index is 1.62. The van der Waals surface area contributed by atoms with Crippen molar-refractivity contribution < 1.29 is 23.2 Å². The minimum atomic E-state index is -4.71. The second-order valence-corrected chi connectivity index (χ2v) is 7.31. The predicted octanol–water partition coefficient (Wildman–Crippen LogP) is 3.87. The van der Waals surface area contributed by atoms with E-state index in [1.807, 2.05) is 0 Å². The summed E-state index contributed by atoms with van der Waals surface area (Å²) in [5.41, 5.74) is -0.336. The van der Waals surface area contributed by atoms with Crippen molar-refractivity contribution in [2.24, 2.45) is 7.05 Å². The predicted molar refractivity (Wildman–Crippen MR) is 110 cm³/mol. The van der Waals surface area contributed by atoms with E-state index in [0.717, 1.165) is 22.6 Å². The van der Waals surface area contributed by atoms with Gasteiger partial charge in [0.25, 0.3) is 5.69 Å². The van der Waals surface area contributed by atoms with Gasteiger partial charge in [0.1, 0.15) is 12.7 Å². The Kier molecular flexibility index (Phi) is 5.68. The van der Waals surface area contributed by atoms with Crippen LogP contribution in [0.3, 0.4) is 0 Å². The van der Waals surface area contributed by atoms with Gasteiger partial charge in [0.05, 0.1) is 16.7 Å². The number of alkyl halides is 3. The minimum Gasteiger partial charge on any atom is -0.388 e. The van der Waals surface area contributed by atoms with Gasteiger partial charge in [-0.25, -0.2) is 9.67 Å². The maximum atomic E-state index is 13.3. The molecule has 0 saturated heterocycles. The zero-order valence-corrected chi connectivity index (χ0v) is 17.1. The van der Waals surface area contributed by atoms with Crippen molar-refractivity contribution in [3.8, 4) is 16.8 Å². The Morgan fingerprint density at radius 1 is 1.18 bits per heavy atom. The SMILES string of the molecule is Cn1cc(-c2ccc(CC(O)c3ccc(-n4cncn4)cc3)c([N+](=O)[O-])c2)c(C(F)(F)F)n1. The molecule has 0 aliphatic heterocycles. The molecular formula is C21H17F3N6O3. The van der Waals surface area contributed by atoms with E-state index in [9.17, 15) is 28.4 Å². The number of benzene rings is 2. The Morgan fingerprint density at radius 2 is 1.91 bits per heavy atom. The summed E-state index contributed by atoms with van der Waals surface area (Å²) in [6.45, 7) is 0. The smallest absolute Gasteiger partial charge is 0.388 e. The number of nitrogens with zero attached hydrogens (tertiary/aromatic N) is 6. The summed E-state index contributed by atoms with van der Waals surface area (Å²) in [7, 11) is 1.34. The highest BCUT2D eigenvalue weighted by molar-refractivity contribution is 5.69. The third kappa shape index (κ3) is 4.60. The Labute approximate surface area is 184 Å². The lowest BCUT2D eigenvalue weighted by molar-refractivity contribution is -0.385. The maximum Gasteiger partial charge on any atom is 0.435 e. The summed E-state index contributed by atoms with van der Waals surface area (Å²) in [6, 6.07) is 10.5. The van der Waals surface area contributed by atoms with Gasteiger partial charge in [-0.2, -0.15) is 23.4 Å². The molecule has 9 nitrogen and oxygen atoms in total. The van der Waals surface area contributed by atoms with Crippen LogP contribution < -0.4 is 0 Å². The van der Waals surface area contributed by atoms with Gasteiger partial charge in [-0.1, -0.05) is 24.3 Å². The third-order valence-corrected chi connectivity index (χ3v) is 5.06. The molecule has 4 aromatic rings. The highest BCUT2D eigenvalue weighted by Gasteiger charge is 2.37. The fraction of sp³-hybridized carbons (Fsp3) is 0.190. The van der Waals surface area contributed by atoms with Crippen molar-refractivity contribution >= 4 is 5.69 Å². The number of aryl methyl sites for hydroxylation is 1. The number of hydrogen-bond acceptors (Lipinski definition) is 6. The summed E-state index contributed by atoms with van der Waals surface area (Å²) in [4.78, 5) is 14.8. The van der Waals surface area contributed by atoms with Gasteiger partial charge in [0, 0.05) is 36.9 Å². The monoisotopic (exact) mass is 458 g/mol. The van der Waals surface area contributed by atoms with E-state index in [4.69, 9.17) is 0 Å². The van der Waals surface area contributed by atoms with Crippen LogP contribution in [0.5, 0.6) is 0 Å². The van der Waals surface area contributed by atoms with Crippen molar-refractivity contribution in [1.29, 1.82) is 0 Å². The summed E-state index contributed by atoms with van der Waals surface area (Å²) in [5.74, 6) is 0. The molecule has 0 bridgehead atoms. The van der Waals surface area contributed by atoms with Crippen molar-refractivity contribution in [1.82, 2.24) is 24.5 Å². The molecule has 1 N–H and O–H groups in total. The van der Waals surface area contributed by atoms with Gasteiger partial charge in [-0.05, 0) is 23.3 Å². The molecule has 4 rings (SSSR count). The average molecular weight is 458 g/mol. The molecule has 170 valence electrons. The normalized spacial score (nSPS) is 12.6. The van der Waals surface area contributed by atoms with Crippen LogP contribution in [0, 0.1) is 10.1 Å². The molecule has 0 fully saturated rings. The Bertz CT molecular complexity index is 1280. The van der Waals surface area contributed by atoms with E-state index in [0.29, 0.717) is 5.56 Å². The summed E-state index contributed by atoms with van der Waals surface area (Å²) < 4.78 is 42.5. The van der Waals surface area contributed by atoms with E-state index in [2.05, 4.69) is 15.2 Å². The second kappa shape index (κ2) is 8.47. The van der Waals surface area contributed by atoms with Crippen LogP contribution in [0.15, 0.2) is 61.3 Å². The first-order chi connectivity index (χ1) is 15.6. The molecule has 0 spiro atoms. The van der Waals surface area contributed by atoms with Gasteiger partial charge >= 0.3 is 6.18 Å². The first kappa shape index (κ1) is 22.1. The number of rotatable bonds is 6. The van der Waals surface area contributed by atoms with Crippen LogP contribution in [0.2, 0.25) is 0 Å². The van der Waals surface area contributed by atoms with Crippen molar-refractivity contribution in [3.63, 3.8) is 0 Å². The number of aliphatic hydroxyl groups is 1. The first-order valence-corrected chi connectivity index (χ1v) is 9.65.